The molecule has 7 nitrogen and oxygen atoms in total. The molecular weight excluding hydrogens is 378 g/mol. The fourth-order valence-corrected chi connectivity index (χ4v) is 3.85. The van der Waals surface area contributed by atoms with Crippen molar-refractivity contribution in [1.82, 2.24) is 10.2 Å². The van der Waals surface area contributed by atoms with Gasteiger partial charge in [0, 0.05) is 18.8 Å². The highest BCUT2D eigenvalue weighted by Gasteiger charge is 2.25. The van der Waals surface area contributed by atoms with E-state index >= 15 is 0 Å². The maximum Gasteiger partial charge on any atom is 0.241 e. The summed E-state index contributed by atoms with van der Waals surface area (Å²) in [5.41, 5.74) is 0.411. The number of sulfonamides is 1. The summed E-state index contributed by atoms with van der Waals surface area (Å²) in [6.07, 6.45) is 1.73. The van der Waals surface area contributed by atoms with Gasteiger partial charge in [-0.1, -0.05) is 0 Å². The molecule has 1 heterocycles. The lowest BCUT2D eigenvalue weighted by Gasteiger charge is -2.31. The summed E-state index contributed by atoms with van der Waals surface area (Å²) in [5, 5.41) is 3.23. The molecular formula is C17H28ClN3O4S. The van der Waals surface area contributed by atoms with Crippen molar-refractivity contribution in [2.75, 3.05) is 30.6 Å². The number of nitrogens with zero attached hydrogens (tertiary/aromatic N) is 1. The topological polar surface area (TPSA) is 87.7 Å². The van der Waals surface area contributed by atoms with Crippen molar-refractivity contribution < 1.29 is 17.9 Å². The van der Waals surface area contributed by atoms with E-state index in [1.165, 1.54) is 0 Å². The highest BCUT2D eigenvalue weighted by atomic mass is 35.5. The number of halogens is 1. The van der Waals surface area contributed by atoms with Crippen LogP contribution in [0.3, 0.4) is 0 Å². The SMILES string of the molecule is CC(C)Oc1ccc(NS(=O)(=O)CC(=O)N(C)C2CCNCC2)cc1.Cl. The van der Waals surface area contributed by atoms with Gasteiger partial charge in [0.1, 0.15) is 11.5 Å². The maximum absolute atomic E-state index is 12.3. The Labute approximate surface area is 161 Å². The molecule has 26 heavy (non-hydrogen) atoms. The van der Waals surface area contributed by atoms with Crippen LogP contribution in [0, 0.1) is 0 Å². The summed E-state index contributed by atoms with van der Waals surface area (Å²) in [6.45, 7) is 5.53. The van der Waals surface area contributed by atoms with Crippen LogP contribution in [0.15, 0.2) is 24.3 Å². The van der Waals surface area contributed by atoms with Crippen molar-refractivity contribution in [3.05, 3.63) is 24.3 Å². The van der Waals surface area contributed by atoms with Crippen LogP contribution in [0.5, 0.6) is 5.75 Å². The average molecular weight is 406 g/mol. The predicted octanol–water partition coefficient (Wildman–Crippen LogP) is 1.85. The summed E-state index contributed by atoms with van der Waals surface area (Å²) in [7, 11) is -2.08. The zero-order chi connectivity index (χ0) is 18.4. The Balaban J connectivity index is 0.00000338. The van der Waals surface area contributed by atoms with Crippen molar-refractivity contribution in [2.24, 2.45) is 0 Å². The third-order valence-corrected chi connectivity index (χ3v) is 5.24. The highest BCUT2D eigenvalue weighted by Crippen LogP contribution is 2.18. The molecule has 0 unspecified atom stereocenters. The van der Waals surface area contributed by atoms with Gasteiger partial charge >= 0.3 is 0 Å². The third-order valence-electron chi connectivity index (χ3n) is 4.06. The second-order valence-corrected chi connectivity index (χ2v) is 8.26. The molecule has 1 saturated heterocycles. The number of amides is 1. The lowest BCUT2D eigenvalue weighted by atomic mass is 10.1. The number of ether oxygens (including phenoxy) is 1. The van der Waals surface area contributed by atoms with Gasteiger partial charge in [-0.2, -0.15) is 0 Å². The maximum atomic E-state index is 12.3. The molecule has 1 aromatic carbocycles. The van der Waals surface area contributed by atoms with E-state index < -0.39 is 15.8 Å². The van der Waals surface area contributed by atoms with Crippen LogP contribution in [-0.4, -0.2) is 57.3 Å². The number of benzene rings is 1. The minimum absolute atomic E-state index is 0. The summed E-state index contributed by atoms with van der Waals surface area (Å²) < 4.78 is 32.5. The fourth-order valence-electron chi connectivity index (χ4n) is 2.75. The number of carbonyl (C=O) groups excluding carboxylic acids is 1. The van der Waals surface area contributed by atoms with Crippen LogP contribution in [-0.2, 0) is 14.8 Å². The molecule has 1 amide bonds. The summed E-state index contributed by atoms with van der Waals surface area (Å²) >= 11 is 0. The molecule has 9 heteroatoms. The Morgan fingerprint density at radius 1 is 1.27 bits per heavy atom. The van der Waals surface area contributed by atoms with Gasteiger partial charge in [-0.05, 0) is 64.0 Å². The molecule has 1 aromatic rings. The van der Waals surface area contributed by atoms with E-state index in [9.17, 15) is 13.2 Å². The number of piperidine rings is 1. The summed E-state index contributed by atoms with van der Waals surface area (Å²) in [5.74, 6) is -0.281. The van der Waals surface area contributed by atoms with Crippen LogP contribution < -0.4 is 14.8 Å². The highest BCUT2D eigenvalue weighted by molar-refractivity contribution is 7.93. The first-order valence-electron chi connectivity index (χ1n) is 8.50. The van der Waals surface area contributed by atoms with Crippen molar-refractivity contribution in [1.29, 1.82) is 0 Å². The number of rotatable bonds is 7. The van der Waals surface area contributed by atoms with Crippen LogP contribution in [0.25, 0.3) is 0 Å². The van der Waals surface area contributed by atoms with Gasteiger partial charge in [-0.15, -0.1) is 12.4 Å². The van der Waals surface area contributed by atoms with Gasteiger partial charge in [-0.3, -0.25) is 9.52 Å². The Bertz CT molecular complexity index is 674. The molecule has 1 aliphatic heterocycles. The van der Waals surface area contributed by atoms with Crippen molar-refractivity contribution in [3.63, 3.8) is 0 Å². The van der Waals surface area contributed by atoms with Gasteiger partial charge in [0.25, 0.3) is 0 Å². The van der Waals surface area contributed by atoms with E-state index in [0.29, 0.717) is 11.4 Å². The monoisotopic (exact) mass is 405 g/mol. The van der Waals surface area contributed by atoms with E-state index in [-0.39, 0.29) is 30.5 Å². The normalized spacial score (nSPS) is 15.2. The molecule has 2 N–H and O–H groups in total. The molecule has 2 rings (SSSR count). The quantitative estimate of drug-likeness (QED) is 0.722. The smallest absolute Gasteiger partial charge is 0.241 e. The van der Waals surface area contributed by atoms with Crippen molar-refractivity contribution in [2.45, 2.75) is 38.8 Å². The minimum Gasteiger partial charge on any atom is -0.491 e. The van der Waals surface area contributed by atoms with Crippen LogP contribution >= 0.6 is 12.4 Å². The van der Waals surface area contributed by atoms with Gasteiger partial charge in [0.15, 0.2) is 0 Å². The molecule has 0 atom stereocenters. The zero-order valence-corrected chi connectivity index (χ0v) is 17.0. The Morgan fingerprint density at radius 2 is 1.85 bits per heavy atom. The van der Waals surface area contributed by atoms with Crippen molar-refractivity contribution in [3.8, 4) is 5.75 Å². The van der Waals surface area contributed by atoms with Gasteiger partial charge in [0.2, 0.25) is 15.9 Å². The van der Waals surface area contributed by atoms with Gasteiger partial charge < -0.3 is 15.0 Å². The number of carbonyl (C=O) groups is 1. The van der Waals surface area contributed by atoms with Gasteiger partial charge in [-0.25, -0.2) is 8.42 Å². The number of hydrogen-bond donors (Lipinski definition) is 2. The standard InChI is InChI=1S/C17H27N3O4S.ClH/c1-13(2)24-16-6-4-14(5-7-16)19-25(22,23)12-17(21)20(3)15-8-10-18-11-9-15;/h4-7,13,15,18-19H,8-12H2,1-3H3;1H. The molecule has 0 aliphatic carbocycles. The molecule has 0 aromatic heterocycles. The third kappa shape index (κ3) is 7.01. The number of hydrogen-bond acceptors (Lipinski definition) is 5. The lowest BCUT2D eigenvalue weighted by molar-refractivity contribution is -0.129. The number of anilines is 1. The van der Waals surface area contributed by atoms with E-state index in [1.807, 2.05) is 13.8 Å². The first kappa shape index (κ1) is 22.5. The van der Waals surface area contributed by atoms with Crippen LogP contribution in [0.1, 0.15) is 26.7 Å². The molecule has 0 radical (unpaired) electrons. The first-order valence-corrected chi connectivity index (χ1v) is 10.2. The molecule has 0 saturated carbocycles. The number of nitrogens with one attached hydrogen (secondary N) is 2. The average Bonchev–Trinajstić information content (AvgIpc) is 2.55. The van der Waals surface area contributed by atoms with E-state index in [1.54, 1.807) is 36.2 Å². The fraction of sp³-hybridized carbons (Fsp3) is 0.588. The molecule has 148 valence electrons. The summed E-state index contributed by atoms with van der Waals surface area (Å²) in [6, 6.07) is 6.73. The predicted molar refractivity (Wildman–Crippen MR) is 106 cm³/mol. The molecule has 0 spiro atoms. The zero-order valence-electron chi connectivity index (χ0n) is 15.4. The Kier molecular flexibility index (Phi) is 8.66. The minimum atomic E-state index is -3.75. The largest absolute Gasteiger partial charge is 0.491 e. The van der Waals surface area contributed by atoms with E-state index in [2.05, 4.69) is 10.0 Å². The van der Waals surface area contributed by atoms with Crippen LogP contribution in [0.4, 0.5) is 5.69 Å². The Hall–Kier alpha value is -1.51. The molecule has 1 fully saturated rings. The molecule has 1 aliphatic rings. The molecule has 0 bridgehead atoms. The van der Waals surface area contributed by atoms with Crippen LogP contribution in [0.2, 0.25) is 0 Å². The first-order chi connectivity index (χ1) is 11.8. The van der Waals surface area contributed by atoms with E-state index in [0.717, 1.165) is 25.9 Å². The second-order valence-electron chi connectivity index (χ2n) is 6.54. The van der Waals surface area contributed by atoms with Crippen molar-refractivity contribution >= 4 is 34.0 Å². The van der Waals surface area contributed by atoms with Gasteiger partial charge in [0.05, 0.1) is 6.10 Å². The van der Waals surface area contributed by atoms with E-state index in [4.69, 9.17) is 4.74 Å². The summed E-state index contributed by atoms with van der Waals surface area (Å²) in [4.78, 5) is 13.8. The Morgan fingerprint density at radius 3 is 2.38 bits per heavy atom. The second kappa shape index (κ2) is 9.99. The lowest BCUT2D eigenvalue weighted by Crippen LogP contribution is -2.46.